The number of carbonyl (C=O) groups excluding carboxylic acids is 2. The molecule has 0 bridgehead atoms. The van der Waals surface area contributed by atoms with Crippen LogP contribution in [-0.2, 0) is 16.1 Å². The molecule has 2 rings (SSSR count). The fraction of sp³-hybridized carbons (Fsp3) is 0.316. The van der Waals surface area contributed by atoms with Gasteiger partial charge in [0.05, 0.1) is 6.54 Å². The maximum atomic E-state index is 12.0. The molecule has 0 aliphatic rings. The van der Waals surface area contributed by atoms with E-state index in [1.165, 1.54) is 0 Å². The number of hydrogen-bond donors (Lipinski definition) is 2. The maximum Gasteiger partial charge on any atom is 0.286 e. The number of amides is 2. The van der Waals surface area contributed by atoms with Gasteiger partial charge in [0.2, 0.25) is 12.5 Å². The minimum Gasteiger partial charge on any atom is -0.342 e. The molecule has 0 saturated heterocycles. The molecule has 1 heterocycles. The molecule has 2 aromatic rings. The van der Waals surface area contributed by atoms with E-state index in [0.29, 0.717) is 0 Å². The average molecular weight is 326 g/mol. The quantitative estimate of drug-likeness (QED) is 0.825. The van der Waals surface area contributed by atoms with Crippen LogP contribution in [0.15, 0.2) is 36.5 Å². The number of benzene rings is 1. The van der Waals surface area contributed by atoms with Crippen molar-refractivity contribution in [3.8, 4) is 0 Å². The third-order valence-corrected chi connectivity index (χ3v) is 4.25. The summed E-state index contributed by atoms with van der Waals surface area (Å²) in [7, 11) is 0. The van der Waals surface area contributed by atoms with Gasteiger partial charge in [0.1, 0.15) is 0 Å². The van der Waals surface area contributed by atoms with Crippen molar-refractivity contribution in [2.75, 3.05) is 11.9 Å². The Labute approximate surface area is 142 Å². The van der Waals surface area contributed by atoms with Crippen molar-refractivity contribution in [2.24, 2.45) is 0 Å². The van der Waals surface area contributed by atoms with Gasteiger partial charge in [-0.25, -0.2) is 0 Å². The molecule has 126 valence electrons. The number of nitrogens with one attached hydrogen (secondary N) is 2. The lowest BCUT2D eigenvalue weighted by atomic mass is 10.1. The van der Waals surface area contributed by atoms with Gasteiger partial charge in [-0.05, 0) is 44.0 Å². The van der Waals surface area contributed by atoms with Gasteiger partial charge in [0, 0.05) is 24.2 Å². The molecule has 0 radical (unpaired) electrons. The molecule has 2 amide bonds. The first-order chi connectivity index (χ1) is 11.4. The summed E-state index contributed by atoms with van der Waals surface area (Å²) in [4.78, 5) is 24.1. The van der Waals surface area contributed by atoms with Crippen molar-refractivity contribution in [3.63, 3.8) is 0 Å². The molecule has 1 aromatic carbocycles. The molecule has 0 fully saturated rings. The zero-order chi connectivity index (χ0) is 17.7. The fourth-order valence-corrected chi connectivity index (χ4v) is 2.39. The lowest BCUT2D eigenvalue weighted by Crippen LogP contribution is -2.46. The van der Waals surface area contributed by atoms with E-state index in [2.05, 4.69) is 10.6 Å². The van der Waals surface area contributed by atoms with Crippen LogP contribution < -0.4 is 15.2 Å². The predicted molar refractivity (Wildman–Crippen MR) is 93.7 cm³/mol. The Hall–Kier alpha value is -2.69. The zero-order valence-corrected chi connectivity index (χ0v) is 14.6. The number of hydrogen-bond acceptors (Lipinski definition) is 2. The fourth-order valence-electron chi connectivity index (χ4n) is 2.39. The second kappa shape index (κ2) is 7.73. The standard InChI is InChI=1S/C19H23N3O2/c1-13-7-5-9-17(15(13)3)21-18(23)11-20-19(24)12-22-10-6-8-14(2)16(22)4/h5-10H,11-12H2,1-4H3,(H-,20,21,23,24)/p+1. The molecule has 5 heteroatoms. The number of anilines is 1. The molecule has 0 unspecified atom stereocenters. The smallest absolute Gasteiger partial charge is 0.286 e. The number of aryl methyl sites for hydroxylation is 2. The highest BCUT2D eigenvalue weighted by Gasteiger charge is 2.14. The summed E-state index contributed by atoms with van der Waals surface area (Å²) < 4.78 is 1.87. The molecule has 0 spiro atoms. The number of aromatic nitrogens is 1. The van der Waals surface area contributed by atoms with Gasteiger partial charge >= 0.3 is 0 Å². The SMILES string of the molecule is Cc1cccc(NC(=O)CNC(=O)C[n+]2cccc(C)c2C)c1C. The van der Waals surface area contributed by atoms with E-state index in [1.54, 1.807) is 0 Å². The third kappa shape index (κ3) is 4.41. The van der Waals surface area contributed by atoms with Crippen molar-refractivity contribution in [1.29, 1.82) is 0 Å². The van der Waals surface area contributed by atoms with Gasteiger partial charge in [-0.2, -0.15) is 4.57 Å². The largest absolute Gasteiger partial charge is 0.342 e. The summed E-state index contributed by atoms with van der Waals surface area (Å²) in [5.41, 5.74) is 5.08. The summed E-state index contributed by atoms with van der Waals surface area (Å²) >= 11 is 0. The molecule has 0 atom stereocenters. The minimum atomic E-state index is -0.233. The van der Waals surface area contributed by atoms with Crippen LogP contribution in [-0.4, -0.2) is 18.4 Å². The Morgan fingerprint density at radius 1 is 0.958 bits per heavy atom. The molecule has 0 aliphatic heterocycles. The van der Waals surface area contributed by atoms with Crippen LogP contribution >= 0.6 is 0 Å². The van der Waals surface area contributed by atoms with E-state index >= 15 is 0 Å². The first-order valence-corrected chi connectivity index (χ1v) is 7.97. The molecular formula is C19H24N3O2+. The van der Waals surface area contributed by atoms with Crippen LogP contribution in [0.5, 0.6) is 0 Å². The summed E-state index contributed by atoms with van der Waals surface area (Å²) in [6.45, 7) is 8.08. The van der Waals surface area contributed by atoms with Gasteiger partial charge in [0.15, 0.2) is 11.9 Å². The van der Waals surface area contributed by atoms with E-state index in [4.69, 9.17) is 0 Å². The number of carbonyl (C=O) groups is 2. The minimum absolute atomic E-state index is 0.0440. The molecule has 2 N–H and O–H groups in total. The van der Waals surface area contributed by atoms with Crippen molar-refractivity contribution >= 4 is 17.5 Å². The van der Waals surface area contributed by atoms with Crippen LogP contribution in [0.1, 0.15) is 22.4 Å². The van der Waals surface area contributed by atoms with Gasteiger partial charge < -0.3 is 10.6 Å². The average Bonchev–Trinajstić information content (AvgIpc) is 2.54. The summed E-state index contributed by atoms with van der Waals surface area (Å²) in [5, 5.41) is 5.49. The highest BCUT2D eigenvalue weighted by Crippen LogP contribution is 2.17. The van der Waals surface area contributed by atoms with Crippen LogP contribution in [0, 0.1) is 27.7 Å². The van der Waals surface area contributed by atoms with Gasteiger partial charge in [-0.3, -0.25) is 9.59 Å². The highest BCUT2D eigenvalue weighted by atomic mass is 16.2. The number of rotatable bonds is 5. The third-order valence-electron chi connectivity index (χ3n) is 4.25. The van der Waals surface area contributed by atoms with Crippen LogP contribution in [0.3, 0.4) is 0 Å². The van der Waals surface area contributed by atoms with Crippen molar-refractivity contribution < 1.29 is 14.2 Å². The van der Waals surface area contributed by atoms with E-state index in [0.717, 1.165) is 28.1 Å². The lowest BCUT2D eigenvalue weighted by molar-refractivity contribution is -0.690. The van der Waals surface area contributed by atoms with Gasteiger partial charge in [-0.1, -0.05) is 12.1 Å². The summed E-state index contributed by atoms with van der Waals surface area (Å²) in [6.07, 6.45) is 1.86. The summed E-state index contributed by atoms with van der Waals surface area (Å²) in [5.74, 6) is -0.423. The first-order valence-electron chi connectivity index (χ1n) is 7.97. The first kappa shape index (κ1) is 17.7. The Bertz CT molecular complexity index is 704. The molecule has 1 aromatic heterocycles. The van der Waals surface area contributed by atoms with E-state index in [-0.39, 0.29) is 24.9 Å². The van der Waals surface area contributed by atoms with Crippen LogP contribution in [0.2, 0.25) is 0 Å². The second-order valence-electron chi connectivity index (χ2n) is 5.98. The Balaban J connectivity index is 1.88. The van der Waals surface area contributed by atoms with Crippen molar-refractivity contribution in [1.82, 2.24) is 5.32 Å². The maximum absolute atomic E-state index is 12.0. The van der Waals surface area contributed by atoms with Gasteiger partial charge in [0.25, 0.3) is 5.91 Å². The molecule has 24 heavy (non-hydrogen) atoms. The highest BCUT2D eigenvalue weighted by molar-refractivity contribution is 5.95. The van der Waals surface area contributed by atoms with E-state index in [1.807, 2.05) is 68.8 Å². The number of nitrogens with zero attached hydrogens (tertiary/aromatic N) is 1. The Morgan fingerprint density at radius 2 is 1.67 bits per heavy atom. The predicted octanol–water partition coefficient (Wildman–Crippen LogP) is 1.96. The van der Waals surface area contributed by atoms with Crippen molar-refractivity contribution in [3.05, 3.63) is 58.9 Å². The summed E-state index contributed by atoms with van der Waals surface area (Å²) in [6, 6.07) is 9.65. The van der Waals surface area contributed by atoms with E-state index < -0.39 is 0 Å². The number of pyridine rings is 1. The lowest BCUT2D eigenvalue weighted by Gasteiger charge is -2.10. The zero-order valence-electron chi connectivity index (χ0n) is 14.6. The van der Waals surface area contributed by atoms with Crippen LogP contribution in [0.25, 0.3) is 0 Å². The van der Waals surface area contributed by atoms with Gasteiger partial charge in [-0.15, -0.1) is 0 Å². The topological polar surface area (TPSA) is 62.1 Å². The molecule has 0 aliphatic carbocycles. The Kier molecular flexibility index (Phi) is 5.68. The molecule has 5 nitrogen and oxygen atoms in total. The van der Waals surface area contributed by atoms with Crippen molar-refractivity contribution in [2.45, 2.75) is 34.2 Å². The van der Waals surface area contributed by atoms with Crippen LogP contribution in [0.4, 0.5) is 5.69 Å². The molecular weight excluding hydrogens is 302 g/mol. The Morgan fingerprint density at radius 3 is 2.42 bits per heavy atom. The second-order valence-corrected chi connectivity index (χ2v) is 5.98. The van der Waals surface area contributed by atoms with E-state index in [9.17, 15) is 9.59 Å². The monoisotopic (exact) mass is 326 g/mol. The molecule has 0 saturated carbocycles. The normalized spacial score (nSPS) is 10.3.